The first-order chi connectivity index (χ1) is 14.2. The van der Waals surface area contributed by atoms with Crippen LogP contribution in [0.15, 0.2) is 72.8 Å². The van der Waals surface area contributed by atoms with Crippen molar-refractivity contribution in [2.24, 2.45) is 5.73 Å². The van der Waals surface area contributed by atoms with Gasteiger partial charge in [0, 0.05) is 31.2 Å². The van der Waals surface area contributed by atoms with Gasteiger partial charge >= 0.3 is 0 Å². The van der Waals surface area contributed by atoms with E-state index in [-0.39, 0.29) is 0 Å². The van der Waals surface area contributed by atoms with E-state index in [1.807, 2.05) is 66.7 Å². The third-order valence-electron chi connectivity index (χ3n) is 4.64. The van der Waals surface area contributed by atoms with Crippen LogP contribution >= 0.6 is 11.6 Å². The zero-order valence-electron chi connectivity index (χ0n) is 16.7. The zero-order chi connectivity index (χ0) is 20.5. The molecule has 0 aliphatic heterocycles. The summed E-state index contributed by atoms with van der Waals surface area (Å²) in [5, 5.41) is 0.745. The molecule has 3 aromatic carbocycles. The lowest BCUT2D eigenvalue weighted by Gasteiger charge is -2.22. The Balaban J connectivity index is 1.67. The van der Waals surface area contributed by atoms with Crippen LogP contribution in [0.25, 0.3) is 0 Å². The van der Waals surface area contributed by atoms with Gasteiger partial charge in [-0.1, -0.05) is 60.1 Å². The maximum atomic E-state index is 5.99. The first-order valence-corrected chi connectivity index (χ1v) is 10.1. The summed E-state index contributed by atoms with van der Waals surface area (Å²) in [5.41, 5.74) is 9.30. The molecule has 3 aromatic rings. The minimum Gasteiger partial charge on any atom is -0.493 e. The monoisotopic (exact) mass is 410 g/mol. The average molecular weight is 411 g/mol. The fraction of sp³-hybridized carbons (Fsp3) is 0.250. The van der Waals surface area contributed by atoms with Crippen LogP contribution in [0.2, 0.25) is 5.02 Å². The predicted octanol–water partition coefficient (Wildman–Crippen LogP) is 4.89. The number of benzene rings is 3. The highest BCUT2D eigenvalue weighted by Gasteiger charge is 2.11. The van der Waals surface area contributed by atoms with Crippen LogP contribution in [0.4, 0.5) is 0 Å². The first-order valence-electron chi connectivity index (χ1n) is 9.68. The van der Waals surface area contributed by atoms with E-state index >= 15 is 0 Å². The molecule has 2 N–H and O–H groups in total. The molecule has 0 spiro atoms. The Morgan fingerprint density at radius 2 is 1.52 bits per heavy atom. The van der Waals surface area contributed by atoms with Gasteiger partial charge in [-0.3, -0.25) is 4.90 Å². The van der Waals surface area contributed by atoms with Crippen LogP contribution in [0.3, 0.4) is 0 Å². The van der Waals surface area contributed by atoms with E-state index in [9.17, 15) is 0 Å². The second-order valence-corrected chi connectivity index (χ2v) is 7.32. The Kier molecular flexibility index (Phi) is 7.94. The molecule has 0 saturated carbocycles. The van der Waals surface area contributed by atoms with E-state index in [0.717, 1.165) is 47.3 Å². The fourth-order valence-corrected chi connectivity index (χ4v) is 3.29. The molecule has 5 heteroatoms. The number of rotatable bonds is 10. The van der Waals surface area contributed by atoms with Crippen molar-refractivity contribution in [1.82, 2.24) is 4.90 Å². The molecule has 3 rings (SSSR count). The average Bonchev–Trinajstić information content (AvgIpc) is 2.75. The quantitative estimate of drug-likeness (QED) is 0.517. The molecule has 0 aliphatic rings. The Bertz CT molecular complexity index is 885. The molecule has 0 fully saturated rings. The van der Waals surface area contributed by atoms with E-state index in [4.69, 9.17) is 26.8 Å². The van der Waals surface area contributed by atoms with Crippen molar-refractivity contribution in [3.8, 4) is 11.5 Å². The Hall–Kier alpha value is -2.53. The first kappa shape index (κ1) is 21.2. The van der Waals surface area contributed by atoms with Crippen LogP contribution in [0.5, 0.6) is 11.5 Å². The standard InChI is InChI=1S/C24H27ClN2O2/c1-28-24-15-21(9-12-23(24)29-18-20-5-3-2-4-6-20)17-27(14-13-26)16-19-7-10-22(25)11-8-19/h2-12,15H,13-14,16-18,26H2,1H3. The molecule has 0 radical (unpaired) electrons. The van der Waals surface area contributed by atoms with Crippen molar-refractivity contribution in [2.45, 2.75) is 19.7 Å². The number of nitrogens with zero attached hydrogens (tertiary/aromatic N) is 1. The Morgan fingerprint density at radius 1 is 0.828 bits per heavy atom. The normalized spacial score (nSPS) is 10.9. The molecule has 0 saturated heterocycles. The zero-order valence-corrected chi connectivity index (χ0v) is 17.4. The van der Waals surface area contributed by atoms with Gasteiger partial charge in [-0.05, 0) is 41.0 Å². The van der Waals surface area contributed by atoms with Gasteiger partial charge in [0.2, 0.25) is 0 Å². The van der Waals surface area contributed by atoms with Gasteiger partial charge in [0.1, 0.15) is 6.61 Å². The lowest BCUT2D eigenvalue weighted by Crippen LogP contribution is -2.28. The second-order valence-electron chi connectivity index (χ2n) is 6.89. The highest BCUT2D eigenvalue weighted by molar-refractivity contribution is 6.30. The summed E-state index contributed by atoms with van der Waals surface area (Å²) in [4.78, 5) is 2.31. The van der Waals surface area contributed by atoms with Gasteiger partial charge in [-0.25, -0.2) is 0 Å². The van der Waals surface area contributed by atoms with Gasteiger partial charge in [0.25, 0.3) is 0 Å². The Morgan fingerprint density at radius 3 is 2.21 bits per heavy atom. The molecular weight excluding hydrogens is 384 g/mol. The molecule has 0 amide bonds. The summed E-state index contributed by atoms with van der Waals surface area (Å²) < 4.78 is 11.5. The van der Waals surface area contributed by atoms with Crippen LogP contribution in [0, 0.1) is 0 Å². The fourth-order valence-electron chi connectivity index (χ4n) is 3.17. The predicted molar refractivity (Wildman–Crippen MR) is 118 cm³/mol. The maximum Gasteiger partial charge on any atom is 0.161 e. The van der Waals surface area contributed by atoms with E-state index in [2.05, 4.69) is 11.0 Å². The van der Waals surface area contributed by atoms with Crippen LogP contribution in [-0.2, 0) is 19.7 Å². The summed E-state index contributed by atoms with van der Waals surface area (Å²) in [6.07, 6.45) is 0. The minimum absolute atomic E-state index is 0.506. The number of methoxy groups -OCH3 is 1. The van der Waals surface area contributed by atoms with E-state index in [0.29, 0.717) is 13.2 Å². The molecule has 0 unspecified atom stereocenters. The largest absolute Gasteiger partial charge is 0.493 e. The van der Waals surface area contributed by atoms with Crippen molar-refractivity contribution in [3.63, 3.8) is 0 Å². The summed E-state index contributed by atoms with van der Waals surface area (Å²) in [7, 11) is 1.67. The number of halogens is 1. The van der Waals surface area contributed by atoms with Gasteiger partial charge in [0.05, 0.1) is 7.11 Å². The molecule has 0 heterocycles. The summed E-state index contributed by atoms with van der Waals surface area (Å²) in [5.74, 6) is 1.47. The van der Waals surface area contributed by atoms with E-state index in [1.165, 1.54) is 5.56 Å². The summed E-state index contributed by atoms with van der Waals surface area (Å²) in [6, 6.07) is 24.1. The lowest BCUT2D eigenvalue weighted by molar-refractivity contribution is 0.262. The Labute approximate surface area is 177 Å². The molecule has 152 valence electrons. The molecule has 0 bridgehead atoms. The molecule has 0 aromatic heterocycles. The third-order valence-corrected chi connectivity index (χ3v) is 4.89. The molecule has 29 heavy (non-hydrogen) atoms. The third kappa shape index (κ3) is 6.50. The van der Waals surface area contributed by atoms with Crippen LogP contribution in [-0.4, -0.2) is 25.1 Å². The highest BCUT2D eigenvalue weighted by Crippen LogP contribution is 2.29. The van der Waals surface area contributed by atoms with Crippen LogP contribution in [0.1, 0.15) is 16.7 Å². The molecule has 4 nitrogen and oxygen atoms in total. The van der Waals surface area contributed by atoms with Gasteiger partial charge in [0.15, 0.2) is 11.5 Å². The molecule has 0 atom stereocenters. The smallest absolute Gasteiger partial charge is 0.161 e. The lowest BCUT2D eigenvalue weighted by atomic mass is 10.1. The van der Waals surface area contributed by atoms with E-state index < -0.39 is 0 Å². The number of ether oxygens (including phenoxy) is 2. The number of hydrogen-bond donors (Lipinski definition) is 1. The van der Waals surface area contributed by atoms with E-state index in [1.54, 1.807) is 7.11 Å². The summed E-state index contributed by atoms with van der Waals surface area (Å²) >= 11 is 5.99. The van der Waals surface area contributed by atoms with Crippen molar-refractivity contribution >= 4 is 11.6 Å². The van der Waals surface area contributed by atoms with Crippen molar-refractivity contribution in [3.05, 3.63) is 94.5 Å². The number of hydrogen-bond acceptors (Lipinski definition) is 4. The highest BCUT2D eigenvalue weighted by atomic mass is 35.5. The van der Waals surface area contributed by atoms with Gasteiger partial charge < -0.3 is 15.2 Å². The van der Waals surface area contributed by atoms with Crippen molar-refractivity contribution in [2.75, 3.05) is 20.2 Å². The summed E-state index contributed by atoms with van der Waals surface area (Å²) in [6.45, 7) is 3.49. The topological polar surface area (TPSA) is 47.7 Å². The second kappa shape index (κ2) is 10.9. The molecule has 0 aliphatic carbocycles. The van der Waals surface area contributed by atoms with Crippen molar-refractivity contribution < 1.29 is 9.47 Å². The van der Waals surface area contributed by atoms with Gasteiger partial charge in [-0.15, -0.1) is 0 Å². The minimum atomic E-state index is 0.506. The SMILES string of the molecule is COc1cc(CN(CCN)Cc2ccc(Cl)cc2)ccc1OCc1ccccc1. The number of nitrogens with two attached hydrogens (primary N) is 1. The maximum absolute atomic E-state index is 5.99. The van der Waals surface area contributed by atoms with Gasteiger partial charge in [-0.2, -0.15) is 0 Å². The van der Waals surface area contributed by atoms with Crippen LogP contribution < -0.4 is 15.2 Å². The van der Waals surface area contributed by atoms with Crippen molar-refractivity contribution in [1.29, 1.82) is 0 Å². The molecular formula is C24H27ClN2O2.